The second kappa shape index (κ2) is 12.0. The number of ether oxygens (including phenoxy) is 3. The number of hydrogen-bond donors (Lipinski definition) is 3. The van der Waals surface area contributed by atoms with E-state index in [1.165, 1.54) is 17.0 Å². The molecule has 2 atom stereocenters. The molecule has 2 aromatic rings. The standard InChI is InChI=1S/C26H32N4O6/c1-26(2,34-3)10-12-35-21-7-5-4-6-20(21)30-11-13-36-23(25(30)33)22(31)24(32)29-19-9-8-17(15-27)18(14-19)16-28/h4-9,14,22-23,31H,10-13,16,28H2,1-3H3,(H,29,32)/t22-,23-/m1/s1. The fraction of sp³-hybridized carbons (Fsp3) is 0.423. The highest BCUT2D eigenvalue weighted by atomic mass is 16.5. The highest BCUT2D eigenvalue weighted by Gasteiger charge is 2.40. The van der Waals surface area contributed by atoms with Crippen molar-refractivity contribution in [2.45, 2.75) is 44.6 Å². The van der Waals surface area contributed by atoms with Gasteiger partial charge in [0.2, 0.25) is 0 Å². The molecule has 1 saturated heterocycles. The number of aliphatic hydroxyl groups excluding tert-OH is 1. The normalized spacial score (nSPS) is 16.8. The smallest absolute Gasteiger partial charge is 0.259 e. The summed E-state index contributed by atoms with van der Waals surface area (Å²) in [6.07, 6.45) is -2.52. The molecule has 0 unspecified atom stereocenters. The summed E-state index contributed by atoms with van der Waals surface area (Å²) >= 11 is 0. The van der Waals surface area contributed by atoms with E-state index in [2.05, 4.69) is 5.32 Å². The van der Waals surface area contributed by atoms with Crippen LogP contribution in [0, 0.1) is 11.3 Å². The van der Waals surface area contributed by atoms with Gasteiger partial charge in [-0.15, -0.1) is 0 Å². The van der Waals surface area contributed by atoms with Gasteiger partial charge >= 0.3 is 0 Å². The number of nitrogens with one attached hydrogen (secondary N) is 1. The first-order chi connectivity index (χ1) is 17.2. The number of para-hydroxylation sites is 2. The zero-order valence-electron chi connectivity index (χ0n) is 20.7. The fourth-order valence-electron chi connectivity index (χ4n) is 3.69. The number of morpholine rings is 1. The van der Waals surface area contributed by atoms with Crippen LogP contribution in [0.2, 0.25) is 0 Å². The molecule has 2 amide bonds. The molecule has 1 heterocycles. The van der Waals surface area contributed by atoms with E-state index in [9.17, 15) is 14.7 Å². The van der Waals surface area contributed by atoms with Gasteiger partial charge in [-0.2, -0.15) is 5.26 Å². The maximum atomic E-state index is 13.3. The molecule has 1 aliphatic rings. The molecule has 10 nitrogen and oxygen atoms in total. The second-order valence-electron chi connectivity index (χ2n) is 8.93. The number of hydrogen-bond acceptors (Lipinski definition) is 8. The SMILES string of the molecule is COC(C)(C)CCOc1ccccc1N1CCO[C@H]([C@@H](O)C(=O)Nc2ccc(C#N)c(CN)c2)C1=O. The largest absolute Gasteiger partial charge is 0.491 e. The van der Waals surface area contributed by atoms with Crippen molar-refractivity contribution in [2.75, 3.05) is 37.1 Å². The van der Waals surface area contributed by atoms with Crippen LogP contribution >= 0.6 is 0 Å². The summed E-state index contributed by atoms with van der Waals surface area (Å²) < 4.78 is 16.9. The van der Waals surface area contributed by atoms with E-state index in [4.69, 9.17) is 25.2 Å². The summed E-state index contributed by atoms with van der Waals surface area (Å²) in [7, 11) is 1.64. The van der Waals surface area contributed by atoms with Gasteiger partial charge < -0.3 is 35.3 Å². The van der Waals surface area contributed by atoms with Crippen LogP contribution in [0.3, 0.4) is 0 Å². The van der Waals surface area contributed by atoms with Crippen LogP contribution in [0.4, 0.5) is 11.4 Å². The van der Waals surface area contributed by atoms with E-state index < -0.39 is 24.0 Å². The Morgan fingerprint density at radius 3 is 2.81 bits per heavy atom. The highest BCUT2D eigenvalue weighted by molar-refractivity contribution is 6.04. The number of methoxy groups -OCH3 is 1. The minimum Gasteiger partial charge on any atom is -0.491 e. The zero-order valence-corrected chi connectivity index (χ0v) is 20.7. The first-order valence-electron chi connectivity index (χ1n) is 11.6. The van der Waals surface area contributed by atoms with Crippen LogP contribution in [-0.4, -0.2) is 61.6 Å². The van der Waals surface area contributed by atoms with Crippen molar-refractivity contribution in [2.24, 2.45) is 5.73 Å². The molecule has 1 fully saturated rings. The lowest BCUT2D eigenvalue weighted by Crippen LogP contribution is -2.55. The molecule has 3 rings (SSSR count). The minimum atomic E-state index is -1.76. The zero-order chi connectivity index (χ0) is 26.3. The summed E-state index contributed by atoms with van der Waals surface area (Å²) in [5.41, 5.74) is 7.12. The van der Waals surface area contributed by atoms with E-state index in [0.717, 1.165) is 0 Å². The van der Waals surface area contributed by atoms with Gasteiger partial charge in [-0.05, 0) is 49.7 Å². The third kappa shape index (κ3) is 6.38. The van der Waals surface area contributed by atoms with Gasteiger partial charge in [0.1, 0.15) is 5.75 Å². The van der Waals surface area contributed by atoms with E-state index >= 15 is 0 Å². The Bertz CT molecular complexity index is 1130. The van der Waals surface area contributed by atoms with E-state index in [1.807, 2.05) is 19.9 Å². The Morgan fingerprint density at radius 1 is 1.36 bits per heavy atom. The topological polar surface area (TPSA) is 147 Å². The first kappa shape index (κ1) is 27.1. The second-order valence-corrected chi connectivity index (χ2v) is 8.93. The Balaban J connectivity index is 1.71. The van der Waals surface area contributed by atoms with Crippen LogP contribution in [0.25, 0.3) is 0 Å². The lowest BCUT2D eigenvalue weighted by atomic mass is 10.1. The average Bonchev–Trinajstić information content (AvgIpc) is 2.88. The molecule has 10 heteroatoms. The molecule has 0 aliphatic carbocycles. The number of aliphatic hydroxyl groups is 1. The molecule has 0 saturated carbocycles. The fourth-order valence-corrected chi connectivity index (χ4v) is 3.69. The van der Waals surface area contributed by atoms with Gasteiger partial charge in [-0.3, -0.25) is 9.59 Å². The number of carbonyl (C=O) groups is 2. The molecule has 0 aromatic heterocycles. The van der Waals surface area contributed by atoms with Crippen molar-refractivity contribution >= 4 is 23.2 Å². The summed E-state index contributed by atoms with van der Waals surface area (Å²) in [5, 5.41) is 22.4. The Kier molecular flexibility index (Phi) is 9.01. The number of carbonyl (C=O) groups excluding carboxylic acids is 2. The van der Waals surface area contributed by atoms with Crippen molar-refractivity contribution in [3.8, 4) is 11.8 Å². The summed E-state index contributed by atoms with van der Waals surface area (Å²) in [4.78, 5) is 27.5. The van der Waals surface area contributed by atoms with E-state index in [0.29, 0.717) is 41.3 Å². The summed E-state index contributed by atoms with van der Waals surface area (Å²) in [5.74, 6) is -0.863. The van der Waals surface area contributed by atoms with Crippen LogP contribution in [0.15, 0.2) is 42.5 Å². The van der Waals surface area contributed by atoms with Crippen molar-refractivity contribution < 1.29 is 28.9 Å². The summed E-state index contributed by atoms with van der Waals surface area (Å²) in [6, 6.07) is 13.7. The molecule has 4 N–H and O–H groups in total. The van der Waals surface area contributed by atoms with Crippen molar-refractivity contribution in [1.82, 2.24) is 0 Å². The lowest BCUT2D eigenvalue weighted by molar-refractivity contribution is -0.150. The molecule has 0 radical (unpaired) electrons. The van der Waals surface area contributed by atoms with Gasteiger partial charge in [-0.1, -0.05) is 12.1 Å². The Morgan fingerprint density at radius 2 is 2.11 bits per heavy atom. The molecule has 36 heavy (non-hydrogen) atoms. The van der Waals surface area contributed by atoms with Gasteiger partial charge in [0.05, 0.1) is 36.1 Å². The van der Waals surface area contributed by atoms with Crippen LogP contribution in [-0.2, 0) is 25.6 Å². The minimum absolute atomic E-state index is 0.110. The molecule has 2 aromatic carbocycles. The number of nitrogens with two attached hydrogens (primary N) is 1. The maximum Gasteiger partial charge on any atom is 0.259 e. The Labute approximate surface area is 210 Å². The lowest BCUT2D eigenvalue weighted by Gasteiger charge is -2.35. The number of nitrogens with zero attached hydrogens (tertiary/aromatic N) is 2. The molecule has 0 spiro atoms. The molecule has 192 valence electrons. The quantitative estimate of drug-likeness (QED) is 0.452. The highest BCUT2D eigenvalue weighted by Crippen LogP contribution is 2.31. The number of rotatable bonds is 10. The third-order valence-electron chi connectivity index (χ3n) is 6.06. The number of amides is 2. The third-order valence-corrected chi connectivity index (χ3v) is 6.06. The molecular weight excluding hydrogens is 464 g/mol. The summed E-state index contributed by atoms with van der Waals surface area (Å²) in [6.45, 7) is 4.76. The van der Waals surface area contributed by atoms with Crippen molar-refractivity contribution in [3.05, 3.63) is 53.6 Å². The van der Waals surface area contributed by atoms with Gasteiger partial charge in [0.25, 0.3) is 11.8 Å². The van der Waals surface area contributed by atoms with Gasteiger partial charge in [0.15, 0.2) is 12.2 Å². The van der Waals surface area contributed by atoms with Crippen LogP contribution in [0.1, 0.15) is 31.4 Å². The average molecular weight is 497 g/mol. The number of benzene rings is 2. The van der Waals surface area contributed by atoms with Gasteiger partial charge in [-0.25, -0.2) is 0 Å². The monoisotopic (exact) mass is 496 g/mol. The predicted octanol–water partition coefficient (Wildman–Crippen LogP) is 1.94. The molecular formula is C26H32N4O6. The van der Waals surface area contributed by atoms with Gasteiger partial charge in [0, 0.05) is 32.3 Å². The van der Waals surface area contributed by atoms with E-state index in [1.54, 1.807) is 37.4 Å². The molecule has 0 bridgehead atoms. The predicted molar refractivity (Wildman–Crippen MR) is 133 cm³/mol. The van der Waals surface area contributed by atoms with Crippen molar-refractivity contribution in [1.29, 1.82) is 5.26 Å². The van der Waals surface area contributed by atoms with Crippen LogP contribution in [0.5, 0.6) is 5.75 Å². The first-order valence-corrected chi connectivity index (χ1v) is 11.6. The molecule has 1 aliphatic heterocycles. The number of nitriles is 1. The van der Waals surface area contributed by atoms with Crippen LogP contribution < -0.4 is 20.7 Å². The van der Waals surface area contributed by atoms with E-state index in [-0.39, 0.29) is 25.3 Å². The van der Waals surface area contributed by atoms with Crippen molar-refractivity contribution in [3.63, 3.8) is 0 Å². The maximum absolute atomic E-state index is 13.3. The number of anilines is 2. The Hall–Kier alpha value is -3.49.